The molecule has 1 heterocycles. The average Bonchev–Trinajstić information content (AvgIpc) is 2.81. The Morgan fingerprint density at radius 2 is 2.06 bits per heavy atom. The van der Waals surface area contributed by atoms with Crippen LogP contribution in [0.25, 0.3) is 0 Å². The molecule has 2 rings (SSSR count). The highest BCUT2D eigenvalue weighted by Crippen LogP contribution is 2.28. The lowest BCUT2D eigenvalue weighted by Crippen LogP contribution is -2.50. The van der Waals surface area contributed by atoms with Crippen LogP contribution in [0.5, 0.6) is 0 Å². The van der Waals surface area contributed by atoms with Gasteiger partial charge in [0.2, 0.25) is 5.91 Å². The fraction of sp³-hybridized carbons (Fsp3) is 0.923. The first kappa shape index (κ1) is 12.8. The molecule has 0 aromatic heterocycles. The maximum absolute atomic E-state index is 12.1. The van der Waals surface area contributed by atoms with Gasteiger partial charge in [-0.3, -0.25) is 4.79 Å². The van der Waals surface area contributed by atoms with Crippen LogP contribution in [0.1, 0.15) is 39.0 Å². The van der Waals surface area contributed by atoms with Gasteiger partial charge in [0, 0.05) is 19.5 Å². The molecule has 4 nitrogen and oxygen atoms in total. The summed E-state index contributed by atoms with van der Waals surface area (Å²) in [7, 11) is 0. The Balaban J connectivity index is 1.84. The first-order valence-electron chi connectivity index (χ1n) is 6.73. The fourth-order valence-electron chi connectivity index (χ4n) is 2.94. The number of morpholine rings is 1. The van der Waals surface area contributed by atoms with Crippen LogP contribution in [0.2, 0.25) is 0 Å². The van der Waals surface area contributed by atoms with Crippen LogP contribution in [0, 0.1) is 5.92 Å². The minimum absolute atomic E-state index is 0.00243. The molecule has 1 aliphatic carbocycles. The van der Waals surface area contributed by atoms with E-state index in [9.17, 15) is 4.79 Å². The van der Waals surface area contributed by atoms with E-state index in [4.69, 9.17) is 9.84 Å². The third kappa shape index (κ3) is 3.42. The minimum atomic E-state index is -0.203. The minimum Gasteiger partial charge on any atom is -0.394 e. The number of rotatable bonds is 3. The Bertz CT molecular complexity index is 263. The summed E-state index contributed by atoms with van der Waals surface area (Å²) in [6, 6.07) is 0. The first-order chi connectivity index (χ1) is 8.19. The molecule has 2 fully saturated rings. The molecule has 0 bridgehead atoms. The molecule has 1 saturated carbocycles. The van der Waals surface area contributed by atoms with E-state index in [1.54, 1.807) is 0 Å². The van der Waals surface area contributed by atoms with E-state index in [0.29, 0.717) is 25.4 Å². The summed E-state index contributed by atoms with van der Waals surface area (Å²) in [5.41, 5.74) is 0. The molecule has 17 heavy (non-hydrogen) atoms. The van der Waals surface area contributed by atoms with Gasteiger partial charge in [-0.2, -0.15) is 0 Å². The Labute approximate surface area is 103 Å². The lowest BCUT2D eigenvalue weighted by Gasteiger charge is -2.36. The van der Waals surface area contributed by atoms with Gasteiger partial charge in [-0.15, -0.1) is 0 Å². The van der Waals surface area contributed by atoms with Gasteiger partial charge in [0.05, 0.1) is 18.8 Å². The number of ether oxygens (including phenoxy) is 1. The topological polar surface area (TPSA) is 49.8 Å². The smallest absolute Gasteiger partial charge is 0.223 e. The molecule has 2 atom stereocenters. The number of carbonyl (C=O) groups is 1. The number of carbonyl (C=O) groups excluding carboxylic acids is 1. The van der Waals surface area contributed by atoms with E-state index in [0.717, 1.165) is 0 Å². The number of amides is 1. The number of aliphatic hydroxyl groups excluding tert-OH is 1. The zero-order valence-corrected chi connectivity index (χ0v) is 10.6. The number of hydrogen-bond acceptors (Lipinski definition) is 3. The Hall–Kier alpha value is -0.610. The molecule has 2 aliphatic rings. The van der Waals surface area contributed by atoms with Crippen LogP contribution in [-0.2, 0) is 9.53 Å². The van der Waals surface area contributed by atoms with E-state index in [-0.39, 0.29) is 24.7 Å². The summed E-state index contributed by atoms with van der Waals surface area (Å²) in [5.74, 6) is 0.832. The van der Waals surface area contributed by atoms with Crippen LogP contribution in [0.3, 0.4) is 0 Å². The fourth-order valence-corrected chi connectivity index (χ4v) is 2.94. The number of aliphatic hydroxyl groups is 1. The van der Waals surface area contributed by atoms with Crippen molar-refractivity contribution < 1.29 is 14.6 Å². The largest absolute Gasteiger partial charge is 0.394 e. The molecule has 0 aromatic rings. The summed E-state index contributed by atoms with van der Waals surface area (Å²) in [6.45, 7) is 3.17. The zero-order chi connectivity index (χ0) is 12.3. The van der Waals surface area contributed by atoms with Crippen LogP contribution in [0.15, 0.2) is 0 Å². The molecule has 0 aromatic carbocycles. The Morgan fingerprint density at radius 1 is 1.35 bits per heavy atom. The highest BCUT2D eigenvalue weighted by Gasteiger charge is 2.29. The second kappa shape index (κ2) is 5.83. The monoisotopic (exact) mass is 241 g/mol. The van der Waals surface area contributed by atoms with E-state index in [2.05, 4.69) is 0 Å². The second-order valence-corrected chi connectivity index (χ2v) is 5.40. The highest BCUT2D eigenvalue weighted by molar-refractivity contribution is 5.76. The molecule has 0 radical (unpaired) electrons. The average molecular weight is 241 g/mol. The van der Waals surface area contributed by atoms with Crippen molar-refractivity contribution in [2.24, 2.45) is 5.92 Å². The van der Waals surface area contributed by atoms with Gasteiger partial charge in [0.25, 0.3) is 0 Å². The van der Waals surface area contributed by atoms with E-state index in [1.807, 2.05) is 11.8 Å². The standard InChI is InChI=1S/C13H23NO3/c1-10-7-14(8-12(9-15)17-10)13(16)6-11-4-2-3-5-11/h10-12,15H,2-9H2,1H3. The van der Waals surface area contributed by atoms with Crippen LogP contribution in [-0.4, -0.2) is 47.8 Å². The molecule has 0 spiro atoms. The zero-order valence-electron chi connectivity index (χ0n) is 10.6. The summed E-state index contributed by atoms with van der Waals surface area (Å²) >= 11 is 0. The Morgan fingerprint density at radius 3 is 2.71 bits per heavy atom. The highest BCUT2D eigenvalue weighted by atomic mass is 16.5. The number of nitrogens with zero attached hydrogens (tertiary/aromatic N) is 1. The van der Waals surface area contributed by atoms with Crippen molar-refractivity contribution in [2.45, 2.75) is 51.2 Å². The maximum Gasteiger partial charge on any atom is 0.223 e. The van der Waals surface area contributed by atoms with Crippen molar-refractivity contribution in [3.63, 3.8) is 0 Å². The van der Waals surface area contributed by atoms with Crippen molar-refractivity contribution in [1.29, 1.82) is 0 Å². The normalized spacial score (nSPS) is 30.8. The predicted molar refractivity (Wildman–Crippen MR) is 64.6 cm³/mol. The van der Waals surface area contributed by atoms with Crippen molar-refractivity contribution in [3.05, 3.63) is 0 Å². The van der Waals surface area contributed by atoms with Crippen molar-refractivity contribution in [2.75, 3.05) is 19.7 Å². The van der Waals surface area contributed by atoms with E-state index < -0.39 is 0 Å². The van der Waals surface area contributed by atoms with Gasteiger partial charge < -0.3 is 14.7 Å². The van der Waals surface area contributed by atoms with Crippen LogP contribution >= 0.6 is 0 Å². The first-order valence-corrected chi connectivity index (χ1v) is 6.73. The third-order valence-electron chi connectivity index (χ3n) is 3.82. The molecular formula is C13H23NO3. The maximum atomic E-state index is 12.1. The SMILES string of the molecule is CC1CN(C(=O)CC2CCCC2)CC(CO)O1. The van der Waals surface area contributed by atoms with Gasteiger partial charge in [0.1, 0.15) is 0 Å². The van der Waals surface area contributed by atoms with Gasteiger partial charge in [-0.05, 0) is 25.7 Å². The quantitative estimate of drug-likeness (QED) is 0.807. The lowest BCUT2D eigenvalue weighted by atomic mass is 10.0. The molecule has 1 saturated heterocycles. The predicted octanol–water partition coefficient (Wildman–Crippen LogP) is 1.17. The lowest BCUT2D eigenvalue weighted by molar-refractivity contribution is -0.148. The van der Waals surface area contributed by atoms with Crippen molar-refractivity contribution in [1.82, 2.24) is 4.90 Å². The summed E-state index contributed by atoms with van der Waals surface area (Å²) < 4.78 is 5.54. The molecule has 4 heteroatoms. The van der Waals surface area contributed by atoms with Gasteiger partial charge in [0.15, 0.2) is 0 Å². The molecule has 98 valence electrons. The molecule has 1 N–H and O–H groups in total. The van der Waals surface area contributed by atoms with Gasteiger partial charge >= 0.3 is 0 Å². The third-order valence-corrected chi connectivity index (χ3v) is 3.82. The molecular weight excluding hydrogens is 218 g/mol. The molecule has 2 unspecified atom stereocenters. The van der Waals surface area contributed by atoms with Crippen molar-refractivity contribution >= 4 is 5.91 Å². The summed E-state index contributed by atoms with van der Waals surface area (Å²) in [6.07, 6.45) is 5.47. The second-order valence-electron chi connectivity index (χ2n) is 5.40. The van der Waals surface area contributed by atoms with E-state index >= 15 is 0 Å². The molecule has 1 aliphatic heterocycles. The van der Waals surface area contributed by atoms with Crippen LogP contribution < -0.4 is 0 Å². The van der Waals surface area contributed by atoms with Gasteiger partial charge in [-0.25, -0.2) is 0 Å². The molecule has 1 amide bonds. The van der Waals surface area contributed by atoms with Gasteiger partial charge in [-0.1, -0.05) is 12.8 Å². The summed E-state index contributed by atoms with van der Waals surface area (Å²) in [5, 5.41) is 9.13. The Kier molecular flexibility index (Phi) is 4.40. The summed E-state index contributed by atoms with van der Waals surface area (Å²) in [4.78, 5) is 14.0. The van der Waals surface area contributed by atoms with Crippen molar-refractivity contribution in [3.8, 4) is 0 Å². The van der Waals surface area contributed by atoms with Crippen LogP contribution in [0.4, 0.5) is 0 Å². The van der Waals surface area contributed by atoms with E-state index in [1.165, 1.54) is 25.7 Å². The number of hydrogen-bond donors (Lipinski definition) is 1.